The van der Waals surface area contributed by atoms with E-state index in [1.54, 1.807) is 24.3 Å². The van der Waals surface area contributed by atoms with Gasteiger partial charge in [-0.05, 0) is 40.2 Å². The first-order valence-electron chi connectivity index (χ1n) is 5.43. The molecule has 0 unspecified atom stereocenters. The molecule has 0 aliphatic heterocycles. The Kier molecular flexibility index (Phi) is 4.46. The third-order valence-corrected chi connectivity index (χ3v) is 3.57. The monoisotopic (exact) mass is 358 g/mol. The van der Waals surface area contributed by atoms with Gasteiger partial charge in [-0.15, -0.1) is 0 Å². The van der Waals surface area contributed by atoms with E-state index >= 15 is 0 Å². The number of oxime groups is 1. The van der Waals surface area contributed by atoms with E-state index in [0.29, 0.717) is 10.8 Å². The summed E-state index contributed by atoms with van der Waals surface area (Å²) in [5.41, 5.74) is 5.65. The van der Waals surface area contributed by atoms with Crippen molar-refractivity contribution < 1.29 is 14.3 Å². The van der Waals surface area contributed by atoms with Crippen LogP contribution in [0, 0.1) is 5.82 Å². The maximum absolute atomic E-state index is 14.2. The minimum Gasteiger partial charge on any atom is -0.453 e. The van der Waals surface area contributed by atoms with Gasteiger partial charge in [-0.2, -0.15) is 0 Å². The lowest BCUT2D eigenvalue weighted by Gasteiger charge is -2.11. The predicted molar refractivity (Wildman–Crippen MR) is 78.1 cm³/mol. The second kappa shape index (κ2) is 6.11. The highest BCUT2D eigenvalue weighted by Gasteiger charge is 2.16. The Labute approximate surface area is 127 Å². The molecule has 2 aromatic carbocycles. The molecule has 4 nitrogen and oxygen atoms in total. The maximum atomic E-state index is 14.2. The summed E-state index contributed by atoms with van der Waals surface area (Å²) in [4.78, 5) is 0. The van der Waals surface area contributed by atoms with Crippen LogP contribution in [0.2, 0.25) is 5.02 Å². The van der Waals surface area contributed by atoms with Crippen LogP contribution < -0.4 is 10.5 Å². The summed E-state index contributed by atoms with van der Waals surface area (Å²) in [6.07, 6.45) is 0. The van der Waals surface area contributed by atoms with E-state index in [9.17, 15) is 4.39 Å². The van der Waals surface area contributed by atoms with Gasteiger partial charge < -0.3 is 15.7 Å². The third-order valence-electron chi connectivity index (χ3n) is 2.49. The molecule has 0 radical (unpaired) electrons. The standard InChI is InChI=1S/C13H9BrClFN2O2/c14-11-7(13(17)18-19)5-6-10(12(11)16)20-9-4-2-1-3-8(9)15/h1-6,19H,(H2,17,18). The van der Waals surface area contributed by atoms with Crippen LogP contribution in [0.3, 0.4) is 0 Å². The lowest BCUT2D eigenvalue weighted by atomic mass is 10.2. The minimum absolute atomic E-state index is 0.0283. The molecule has 0 fully saturated rings. The molecule has 3 N–H and O–H groups in total. The molecule has 0 saturated carbocycles. The average Bonchev–Trinajstić information content (AvgIpc) is 2.45. The van der Waals surface area contributed by atoms with Gasteiger partial charge in [0.1, 0.15) is 5.75 Å². The number of rotatable bonds is 3. The quantitative estimate of drug-likeness (QED) is 0.375. The second-order valence-electron chi connectivity index (χ2n) is 3.76. The fraction of sp³-hybridized carbons (Fsp3) is 0. The second-order valence-corrected chi connectivity index (χ2v) is 4.96. The molecule has 7 heteroatoms. The average molecular weight is 360 g/mol. The number of hydrogen-bond donors (Lipinski definition) is 2. The molecule has 104 valence electrons. The first kappa shape index (κ1) is 14.6. The Balaban J connectivity index is 2.40. The smallest absolute Gasteiger partial charge is 0.180 e. The van der Waals surface area contributed by atoms with E-state index in [1.807, 2.05) is 0 Å². The SMILES string of the molecule is N/C(=N/O)c1ccc(Oc2ccccc2Cl)c(F)c1Br. The number of benzene rings is 2. The van der Waals surface area contributed by atoms with Crippen LogP contribution >= 0.6 is 27.5 Å². The van der Waals surface area contributed by atoms with Crippen molar-refractivity contribution in [2.45, 2.75) is 0 Å². The summed E-state index contributed by atoms with van der Waals surface area (Å²) in [6, 6.07) is 9.55. The number of halogens is 3. The molecule has 0 saturated heterocycles. The zero-order valence-electron chi connectivity index (χ0n) is 9.98. The highest BCUT2D eigenvalue weighted by atomic mass is 79.9. The Bertz CT molecular complexity index is 679. The first-order valence-corrected chi connectivity index (χ1v) is 6.60. The van der Waals surface area contributed by atoms with Crippen LogP contribution in [0.4, 0.5) is 4.39 Å². The lowest BCUT2D eigenvalue weighted by Crippen LogP contribution is -2.14. The molecule has 0 bridgehead atoms. The van der Waals surface area contributed by atoms with Crippen molar-refractivity contribution in [2.75, 3.05) is 0 Å². The van der Waals surface area contributed by atoms with Crippen molar-refractivity contribution in [3.05, 3.63) is 57.3 Å². The van der Waals surface area contributed by atoms with Crippen LogP contribution in [0.5, 0.6) is 11.5 Å². The largest absolute Gasteiger partial charge is 0.453 e. The van der Waals surface area contributed by atoms with Gasteiger partial charge in [0.15, 0.2) is 17.4 Å². The molecule has 0 heterocycles. The Morgan fingerprint density at radius 1 is 1.25 bits per heavy atom. The molecule has 0 aromatic heterocycles. The van der Waals surface area contributed by atoms with Crippen LogP contribution in [-0.2, 0) is 0 Å². The fourth-order valence-corrected chi connectivity index (χ4v) is 2.21. The van der Waals surface area contributed by atoms with E-state index in [4.69, 9.17) is 27.3 Å². The van der Waals surface area contributed by atoms with Gasteiger partial charge in [-0.1, -0.05) is 28.9 Å². The summed E-state index contributed by atoms with van der Waals surface area (Å²) in [7, 11) is 0. The molecule has 0 amide bonds. The topological polar surface area (TPSA) is 67.8 Å². The molecule has 0 spiro atoms. The summed E-state index contributed by atoms with van der Waals surface area (Å²) < 4.78 is 19.6. The van der Waals surface area contributed by atoms with E-state index < -0.39 is 5.82 Å². The van der Waals surface area contributed by atoms with Crippen LogP contribution in [0.25, 0.3) is 0 Å². The van der Waals surface area contributed by atoms with Crippen LogP contribution in [0.15, 0.2) is 46.0 Å². The third kappa shape index (κ3) is 2.86. The Hall–Kier alpha value is -1.79. The highest BCUT2D eigenvalue weighted by molar-refractivity contribution is 9.10. The summed E-state index contributed by atoms with van der Waals surface area (Å²) in [5.74, 6) is -0.579. The predicted octanol–water partition coefficient (Wildman–Crippen LogP) is 4.13. The van der Waals surface area contributed by atoms with E-state index in [2.05, 4.69) is 21.1 Å². The lowest BCUT2D eigenvalue weighted by molar-refractivity contribution is 0.318. The first-order chi connectivity index (χ1) is 9.54. The molecule has 0 atom stereocenters. The zero-order chi connectivity index (χ0) is 14.7. The van der Waals surface area contributed by atoms with Crippen molar-refractivity contribution in [3.8, 4) is 11.5 Å². The van der Waals surface area contributed by atoms with Gasteiger partial charge >= 0.3 is 0 Å². The molecule has 2 aromatic rings. The number of nitrogens with two attached hydrogens (primary N) is 1. The summed E-state index contributed by atoms with van der Waals surface area (Å²) in [5, 5.41) is 11.8. The van der Waals surface area contributed by atoms with E-state index in [0.717, 1.165) is 0 Å². The minimum atomic E-state index is -0.672. The summed E-state index contributed by atoms with van der Waals surface area (Å²) >= 11 is 8.98. The normalized spacial score (nSPS) is 11.4. The van der Waals surface area contributed by atoms with Crippen LogP contribution in [-0.4, -0.2) is 11.0 Å². The molecule has 0 aliphatic rings. The number of hydrogen-bond acceptors (Lipinski definition) is 3. The maximum Gasteiger partial charge on any atom is 0.180 e. The molecule has 20 heavy (non-hydrogen) atoms. The molecular formula is C13H9BrClFN2O2. The zero-order valence-corrected chi connectivity index (χ0v) is 12.3. The Morgan fingerprint density at radius 3 is 2.60 bits per heavy atom. The number of nitrogens with zero attached hydrogens (tertiary/aromatic N) is 1. The molecule has 0 aliphatic carbocycles. The van der Waals surface area contributed by atoms with Gasteiger partial charge in [0.2, 0.25) is 0 Å². The number of para-hydroxylation sites is 1. The van der Waals surface area contributed by atoms with Crippen molar-refractivity contribution in [1.29, 1.82) is 0 Å². The van der Waals surface area contributed by atoms with Crippen molar-refractivity contribution in [3.63, 3.8) is 0 Å². The van der Waals surface area contributed by atoms with Gasteiger partial charge in [-0.25, -0.2) is 4.39 Å². The van der Waals surface area contributed by atoms with E-state index in [1.165, 1.54) is 12.1 Å². The highest BCUT2D eigenvalue weighted by Crippen LogP contribution is 2.34. The van der Waals surface area contributed by atoms with E-state index in [-0.39, 0.29) is 21.6 Å². The molecular weight excluding hydrogens is 351 g/mol. The molecule has 2 rings (SSSR count). The fourth-order valence-electron chi connectivity index (χ4n) is 1.51. The van der Waals surface area contributed by atoms with Gasteiger partial charge in [0, 0.05) is 5.56 Å². The van der Waals surface area contributed by atoms with Crippen molar-refractivity contribution >= 4 is 33.4 Å². The van der Waals surface area contributed by atoms with Gasteiger partial charge in [-0.3, -0.25) is 0 Å². The van der Waals surface area contributed by atoms with Gasteiger partial charge in [0.05, 0.1) is 9.50 Å². The number of ether oxygens (including phenoxy) is 1. The van der Waals surface area contributed by atoms with Gasteiger partial charge in [0.25, 0.3) is 0 Å². The van der Waals surface area contributed by atoms with Crippen molar-refractivity contribution in [2.24, 2.45) is 10.9 Å². The van der Waals surface area contributed by atoms with Crippen molar-refractivity contribution in [1.82, 2.24) is 0 Å². The summed E-state index contributed by atoms with van der Waals surface area (Å²) in [6.45, 7) is 0. The van der Waals surface area contributed by atoms with Crippen LogP contribution in [0.1, 0.15) is 5.56 Å². The number of amidine groups is 1. The Morgan fingerprint density at radius 2 is 1.95 bits per heavy atom.